The Hall–Kier alpha value is -2.76. The standard InChI is InChI=1S/C18H22N4O2/c1-5-22(4)12-19-17-7-6-16(13(2)14(17)3)18(23)24-11-15-8-9-20-21-10-15/h6-10,12H,5,11H2,1-4H3/b19-12+. The summed E-state index contributed by atoms with van der Waals surface area (Å²) in [5.41, 5.74) is 4.05. The number of hydrogen-bond donors (Lipinski definition) is 0. The number of benzene rings is 1. The van der Waals surface area contributed by atoms with Gasteiger partial charge in [-0.15, -0.1) is 0 Å². The molecule has 0 spiro atoms. The Balaban J connectivity index is 2.12. The minimum absolute atomic E-state index is 0.175. The van der Waals surface area contributed by atoms with E-state index >= 15 is 0 Å². The van der Waals surface area contributed by atoms with Crippen LogP contribution in [-0.2, 0) is 11.3 Å². The number of esters is 1. The number of aliphatic imine (C=N–C) groups is 1. The fourth-order valence-corrected chi connectivity index (χ4v) is 2.04. The van der Waals surface area contributed by atoms with Crippen molar-refractivity contribution in [2.45, 2.75) is 27.4 Å². The molecule has 0 aliphatic carbocycles. The van der Waals surface area contributed by atoms with Crippen LogP contribution < -0.4 is 0 Å². The third-order valence-corrected chi connectivity index (χ3v) is 3.89. The van der Waals surface area contributed by atoms with E-state index in [1.165, 1.54) is 0 Å². The molecular formula is C18H22N4O2. The number of hydrogen-bond acceptors (Lipinski definition) is 5. The molecule has 0 N–H and O–H groups in total. The van der Waals surface area contributed by atoms with Crippen LogP contribution in [0.2, 0.25) is 0 Å². The summed E-state index contributed by atoms with van der Waals surface area (Å²) in [6.07, 6.45) is 4.93. The number of aromatic nitrogens is 2. The van der Waals surface area contributed by atoms with Gasteiger partial charge in [0.25, 0.3) is 0 Å². The zero-order valence-electron chi connectivity index (χ0n) is 14.5. The first-order chi connectivity index (χ1) is 11.5. The Morgan fingerprint density at radius 2 is 2.04 bits per heavy atom. The molecule has 1 aromatic carbocycles. The first-order valence-electron chi connectivity index (χ1n) is 7.80. The molecule has 6 nitrogen and oxygen atoms in total. The molecule has 0 bridgehead atoms. The fourth-order valence-electron chi connectivity index (χ4n) is 2.04. The molecule has 0 amide bonds. The van der Waals surface area contributed by atoms with Crippen molar-refractivity contribution in [1.29, 1.82) is 0 Å². The fraction of sp³-hybridized carbons (Fsp3) is 0.333. The zero-order valence-corrected chi connectivity index (χ0v) is 14.5. The van der Waals surface area contributed by atoms with E-state index in [9.17, 15) is 4.79 Å². The largest absolute Gasteiger partial charge is 0.457 e. The van der Waals surface area contributed by atoms with E-state index in [0.717, 1.165) is 28.9 Å². The van der Waals surface area contributed by atoms with Crippen molar-refractivity contribution >= 4 is 18.0 Å². The van der Waals surface area contributed by atoms with E-state index in [1.807, 2.05) is 31.9 Å². The average Bonchev–Trinajstić information content (AvgIpc) is 2.61. The first-order valence-corrected chi connectivity index (χ1v) is 7.80. The molecule has 126 valence electrons. The molecule has 0 saturated carbocycles. The minimum Gasteiger partial charge on any atom is -0.457 e. The monoisotopic (exact) mass is 326 g/mol. The van der Waals surface area contributed by atoms with Gasteiger partial charge in [-0.25, -0.2) is 9.79 Å². The Morgan fingerprint density at radius 3 is 2.71 bits per heavy atom. The van der Waals surface area contributed by atoms with Crippen LogP contribution in [0.3, 0.4) is 0 Å². The smallest absolute Gasteiger partial charge is 0.338 e. The van der Waals surface area contributed by atoms with Crippen molar-refractivity contribution in [2.75, 3.05) is 13.6 Å². The van der Waals surface area contributed by atoms with Gasteiger partial charge in [0, 0.05) is 25.4 Å². The van der Waals surface area contributed by atoms with Gasteiger partial charge >= 0.3 is 5.97 Å². The van der Waals surface area contributed by atoms with E-state index in [0.29, 0.717) is 5.56 Å². The molecule has 6 heteroatoms. The van der Waals surface area contributed by atoms with Crippen LogP contribution in [0.25, 0.3) is 0 Å². The van der Waals surface area contributed by atoms with Crippen LogP contribution >= 0.6 is 0 Å². The van der Waals surface area contributed by atoms with Crippen molar-refractivity contribution in [3.05, 3.63) is 52.8 Å². The maximum atomic E-state index is 12.3. The van der Waals surface area contributed by atoms with Gasteiger partial charge in [0.2, 0.25) is 0 Å². The Kier molecular flexibility index (Phi) is 6.01. The molecule has 1 aromatic heterocycles. The number of nitrogens with zero attached hydrogens (tertiary/aromatic N) is 4. The van der Waals surface area contributed by atoms with Crippen molar-refractivity contribution in [3.63, 3.8) is 0 Å². The Labute approximate surface area is 142 Å². The van der Waals surface area contributed by atoms with Crippen LogP contribution in [0.15, 0.2) is 35.6 Å². The summed E-state index contributed by atoms with van der Waals surface area (Å²) in [5, 5.41) is 7.45. The topological polar surface area (TPSA) is 67.7 Å². The second kappa shape index (κ2) is 8.19. The lowest BCUT2D eigenvalue weighted by Gasteiger charge is -2.12. The summed E-state index contributed by atoms with van der Waals surface area (Å²) >= 11 is 0. The molecule has 2 rings (SSSR count). The summed E-state index contributed by atoms with van der Waals surface area (Å²) in [7, 11) is 1.96. The van der Waals surface area contributed by atoms with Crippen molar-refractivity contribution < 1.29 is 9.53 Å². The summed E-state index contributed by atoms with van der Waals surface area (Å²) < 4.78 is 5.35. The lowest BCUT2D eigenvalue weighted by atomic mass is 10.0. The molecule has 2 aromatic rings. The molecule has 24 heavy (non-hydrogen) atoms. The molecule has 0 radical (unpaired) electrons. The lowest BCUT2D eigenvalue weighted by molar-refractivity contribution is 0.0471. The summed E-state index contributed by atoms with van der Waals surface area (Å²) in [6.45, 7) is 6.98. The van der Waals surface area contributed by atoms with Crippen molar-refractivity contribution in [3.8, 4) is 0 Å². The van der Waals surface area contributed by atoms with E-state index in [1.54, 1.807) is 30.9 Å². The Morgan fingerprint density at radius 1 is 1.25 bits per heavy atom. The number of carbonyl (C=O) groups is 1. The van der Waals surface area contributed by atoms with E-state index in [4.69, 9.17) is 4.74 Å². The van der Waals surface area contributed by atoms with Gasteiger partial charge < -0.3 is 9.64 Å². The highest BCUT2D eigenvalue weighted by molar-refractivity contribution is 5.92. The van der Waals surface area contributed by atoms with Gasteiger partial charge in [0.1, 0.15) is 6.61 Å². The van der Waals surface area contributed by atoms with Crippen LogP contribution in [0.1, 0.15) is 34.0 Å². The predicted octanol–water partition coefficient (Wildman–Crippen LogP) is 3.06. The van der Waals surface area contributed by atoms with Gasteiger partial charge in [-0.3, -0.25) is 0 Å². The zero-order chi connectivity index (χ0) is 17.5. The molecule has 1 heterocycles. The molecule has 0 unspecified atom stereocenters. The molecule has 0 fully saturated rings. The van der Waals surface area contributed by atoms with E-state index in [-0.39, 0.29) is 12.6 Å². The molecule has 0 saturated heterocycles. The highest BCUT2D eigenvalue weighted by Crippen LogP contribution is 2.25. The molecule has 0 aliphatic rings. The second-order valence-electron chi connectivity index (χ2n) is 5.53. The van der Waals surface area contributed by atoms with Gasteiger partial charge in [-0.2, -0.15) is 10.2 Å². The highest BCUT2D eigenvalue weighted by atomic mass is 16.5. The van der Waals surface area contributed by atoms with Gasteiger partial charge in [-0.05, 0) is 50.1 Å². The minimum atomic E-state index is -0.353. The van der Waals surface area contributed by atoms with Gasteiger partial charge in [0.15, 0.2) is 0 Å². The average molecular weight is 326 g/mol. The number of carbonyl (C=O) groups excluding carboxylic acids is 1. The quantitative estimate of drug-likeness (QED) is 0.464. The summed E-state index contributed by atoms with van der Waals surface area (Å²) in [4.78, 5) is 18.8. The Bertz CT molecular complexity index is 729. The SMILES string of the molecule is CCN(C)/C=N/c1ccc(C(=O)OCc2ccnnc2)c(C)c1C. The van der Waals surface area contributed by atoms with Crippen LogP contribution in [0.4, 0.5) is 5.69 Å². The normalized spacial score (nSPS) is 10.8. The molecular weight excluding hydrogens is 304 g/mol. The number of rotatable bonds is 6. The van der Waals surface area contributed by atoms with Crippen molar-refractivity contribution in [1.82, 2.24) is 15.1 Å². The van der Waals surface area contributed by atoms with E-state index < -0.39 is 0 Å². The van der Waals surface area contributed by atoms with Crippen LogP contribution in [-0.4, -0.2) is 41.0 Å². The van der Waals surface area contributed by atoms with Crippen molar-refractivity contribution in [2.24, 2.45) is 4.99 Å². The second-order valence-corrected chi connectivity index (χ2v) is 5.53. The summed E-state index contributed by atoms with van der Waals surface area (Å²) in [5.74, 6) is -0.353. The van der Waals surface area contributed by atoms with Gasteiger partial charge in [0.05, 0.1) is 23.8 Å². The highest BCUT2D eigenvalue weighted by Gasteiger charge is 2.14. The lowest BCUT2D eigenvalue weighted by Crippen LogP contribution is -2.14. The first kappa shape index (κ1) is 17.6. The van der Waals surface area contributed by atoms with Crippen LogP contribution in [0.5, 0.6) is 0 Å². The van der Waals surface area contributed by atoms with Gasteiger partial charge in [-0.1, -0.05) is 0 Å². The maximum Gasteiger partial charge on any atom is 0.338 e. The molecule has 0 aliphatic heterocycles. The summed E-state index contributed by atoms with van der Waals surface area (Å²) in [6, 6.07) is 5.36. The maximum absolute atomic E-state index is 12.3. The third-order valence-electron chi connectivity index (χ3n) is 3.89. The third kappa shape index (κ3) is 4.38. The molecule has 0 atom stereocenters. The van der Waals surface area contributed by atoms with Crippen LogP contribution in [0, 0.1) is 13.8 Å². The number of ether oxygens (including phenoxy) is 1. The predicted molar refractivity (Wildman–Crippen MR) is 93.5 cm³/mol. The van der Waals surface area contributed by atoms with E-state index in [2.05, 4.69) is 22.1 Å².